The minimum absolute atomic E-state index is 0.0822. The van der Waals surface area contributed by atoms with Crippen LogP contribution in [0.5, 0.6) is 0 Å². The highest BCUT2D eigenvalue weighted by Gasteiger charge is 2.55. The van der Waals surface area contributed by atoms with Crippen LogP contribution in [0, 0.1) is 5.41 Å². The number of amides is 2. The highest BCUT2D eigenvalue weighted by molar-refractivity contribution is 5.89. The van der Waals surface area contributed by atoms with Crippen molar-refractivity contribution in [1.82, 2.24) is 4.90 Å². The van der Waals surface area contributed by atoms with E-state index in [1.165, 1.54) is 17.0 Å². The number of urea groups is 1. The molecule has 8 heteroatoms. The molecule has 132 valence electrons. The molecule has 0 radical (unpaired) electrons. The van der Waals surface area contributed by atoms with Crippen LogP contribution in [0.4, 0.5) is 23.7 Å². The van der Waals surface area contributed by atoms with Crippen molar-refractivity contribution in [2.45, 2.75) is 37.6 Å². The molecule has 2 fully saturated rings. The number of rotatable bonds is 1. The van der Waals surface area contributed by atoms with Gasteiger partial charge in [0.25, 0.3) is 0 Å². The van der Waals surface area contributed by atoms with Crippen LogP contribution < -0.4 is 5.32 Å². The second-order valence-electron chi connectivity index (χ2n) is 6.50. The number of benzene rings is 1. The van der Waals surface area contributed by atoms with Gasteiger partial charge in [0, 0.05) is 30.6 Å². The fourth-order valence-corrected chi connectivity index (χ4v) is 3.51. The van der Waals surface area contributed by atoms with Gasteiger partial charge >= 0.3 is 12.2 Å². The van der Waals surface area contributed by atoms with E-state index in [4.69, 9.17) is 0 Å². The molecule has 3 rings (SSSR count). The summed E-state index contributed by atoms with van der Waals surface area (Å²) in [7, 11) is 0. The van der Waals surface area contributed by atoms with E-state index < -0.39 is 35.4 Å². The molecule has 3 N–H and O–H groups in total. The SMILES string of the molecule is O=C(Nc1cccc(C(F)(F)F)c1)N1CCC2(CC1)[C@H](O)C[C@@H]2O. The van der Waals surface area contributed by atoms with E-state index in [1.807, 2.05) is 0 Å². The maximum Gasteiger partial charge on any atom is 0.416 e. The van der Waals surface area contributed by atoms with Gasteiger partial charge in [0.15, 0.2) is 0 Å². The van der Waals surface area contributed by atoms with Crippen molar-refractivity contribution in [3.8, 4) is 0 Å². The number of piperidine rings is 1. The van der Waals surface area contributed by atoms with Gasteiger partial charge < -0.3 is 20.4 Å². The molecular formula is C16H19F3N2O3. The average Bonchev–Trinajstić information content (AvgIpc) is 2.54. The van der Waals surface area contributed by atoms with Crippen LogP contribution in [0.2, 0.25) is 0 Å². The van der Waals surface area contributed by atoms with Gasteiger partial charge in [-0.15, -0.1) is 0 Å². The third-order valence-corrected chi connectivity index (χ3v) is 5.20. The number of likely N-dealkylation sites (tertiary alicyclic amines) is 1. The Morgan fingerprint density at radius 1 is 1.21 bits per heavy atom. The molecule has 1 aromatic rings. The number of hydrogen-bond acceptors (Lipinski definition) is 3. The van der Waals surface area contributed by atoms with Crippen molar-refractivity contribution >= 4 is 11.7 Å². The first-order valence-electron chi connectivity index (χ1n) is 7.82. The Bertz CT molecular complexity index is 617. The summed E-state index contributed by atoms with van der Waals surface area (Å²) < 4.78 is 38.1. The molecule has 2 amide bonds. The Hall–Kier alpha value is -1.80. The van der Waals surface area contributed by atoms with Crippen molar-refractivity contribution in [1.29, 1.82) is 0 Å². The summed E-state index contributed by atoms with van der Waals surface area (Å²) >= 11 is 0. The molecule has 5 nitrogen and oxygen atoms in total. The van der Waals surface area contributed by atoms with E-state index in [1.54, 1.807) is 0 Å². The number of halogens is 3. The van der Waals surface area contributed by atoms with Crippen LogP contribution in [0.1, 0.15) is 24.8 Å². The third kappa shape index (κ3) is 2.95. The molecule has 1 aliphatic carbocycles. The summed E-state index contributed by atoms with van der Waals surface area (Å²) in [5.41, 5.74) is -1.27. The van der Waals surface area contributed by atoms with E-state index in [0.29, 0.717) is 32.4 Å². The number of alkyl halides is 3. The van der Waals surface area contributed by atoms with Crippen LogP contribution in [0.15, 0.2) is 24.3 Å². The quantitative estimate of drug-likeness (QED) is 0.733. The van der Waals surface area contributed by atoms with Gasteiger partial charge in [-0.25, -0.2) is 4.79 Å². The summed E-state index contributed by atoms with van der Waals surface area (Å²) in [6.45, 7) is 0.692. The number of carbonyl (C=O) groups is 1. The number of nitrogens with zero attached hydrogens (tertiary/aromatic N) is 1. The van der Waals surface area contributed by atoms with Gasteiger partial charge in [-0.05, 0) is 31.0 Å². The number of nitrogens with one attached hydrogen (secondary N) is 1. The Kier molecular flexibility index (Phi) is 4.21. The lowest BCUT2D eigenvalue weighted by Crippen LogP contribution is -2.62. The first kappa shape index (κ1) is 17.0. The zero-order chi connectivity index (χ0) is 17.5. The van der Waals surface area contributed by atoms with E-state index in [-0.39, 0.29) is 5.69 Å². The van der Waals surface area contributed by atoms with Crippen LogP contribution in [0.3, 0.4) is 0 Å². The number of anilines is 1. The summed E-state index contributed by atoms with van der Waals surface area (Å²) in [5.74, 6) is 0. The smallest absolute Gasteiger partial charge is 0.392 e. The molecule has 1 saturated carbocycles. The Labute approximate surface area is 137 Å². The topological polar surface area (TPSA) is 72.8 Å². The summed E-state index contributed by atoms with van der Waals surface area (Å²) in [5, 5.41) is 22.2. The highest BCUT2D eigenvalue weighted by atomic mass is 19.4. The van der Waals surface area contributed by atoms with Gasteiger partial charge in [-0.3, -0.25) is 0 Å². The lowest BCUT2D eigenvalue weighted by molar-refractivity contribution is -0.186. The number of aliphatic hydroxyl groups excluding tert-OH is 2. The molecule has 1 aliphatic heterocycles. The average molecular weight is 344 g/mol. The van der Waals surface area contributed by atoms with E-state index in [0.717, 1.165) is 12.1 Å². The summed E-state index contributed by atoms with van der Waals surface area (Å²) in [6.07, 6.45) is -4.26. The summed E-state index contributed by atoms with van der Waals surface area (Å²) in [6, 6.07) is 4.00. The van der Waals surface area contributed by atoms with Crippen molar-refractivity contribution in [3.05, 3.63) is 29.8 Å². The zero-order valence-corrected chi connectivity index (χ0v) is 12.9. The van der Waals surface area contributed by atoms with Crippen LogP contribution >= 0.6 is 0 Å². The van der Waals surface area contributed by atoms with Gasteiger partial charge in [-0.1, -0.05) is 6.07 Å². The second-order valence-corrected chi connectivity index (χ2v) is 6.50. The molecule has 1 spiro atoms. The molecule has 1 heterocycles. The molecule has 0 aromatic heterocycles. The monoisotopic (exact) mass is 344 g/mol. The molecule has 0 bridgehead atoms. The zero-order valence-electron chi connectivity index (χ0n) is 12.9. The maximum atomic E-state index is 12.7. The standard InChI is InChI=1S/C16H19F3N2O3/c17-16(18,19)10-2-1-3-11(8-10)20-14(24)21-6-4-15(5-7-21)12(22)9-13(15)23/h1-3,8,12-13,22-23H,4-7,9H2,(H,20,24)/t12-,13+. The van der Waals surface area contributed by atoms with Crippen molar-refractivity contribution < 1.29 is 28.2 Å². The van der Waals surface area contributed by atoms with E-state index in [2.05, 4.69) is 5.32 Å². The lowest BCUT2D eigenvalue weighted by Gasteiger charge is -2.54. The van der Waals surface area contributed by atoms with E-state index >= 15 is 0 Å². The molecule has 2 atom stereocenters. The van der Waals surface area contributed by atoms with Gasteiger partial charge in [0.05, 0.1) is 17.8 Å². The lowest BCUT2D eigenvalue weighted by atomic mass is 9.58. The Balaban J connectivity index is 1.61. The number of aliphatic hydroxyl groups is 2. The Morgan fingerprint density at radius 2 is 1.83 bits per heavy atom. The predicted molar refractivity (Wildman–Crippen MR) is 80.3 cm³/mol. The molecule has 2 aliphatic rings. The molecule has 1 aromatic carbocycles. The largest absolute Gasteiger partial charge is 0.416 e. The molecular weight excluding hydrogens is 325 g/mol. The predicted octanol–water partition coefficient (Wildman–Crippen LogP) is 2.45. The minimum atomic E-state index is -4.46. The van der Waals surface area contributed by atoms with Gasteiger partial charge in [0.2, 0.25) is 0 Å². The second kappa shape index (κ2) is 5.93. The van der Waals surface area contributed by atoms with E-state index in [9.17, 15) is 28.2 Å². The van der Waals surface area contributed by atoms with Gasteiger partial charge in [0.1, 0.15) is 0 Å². The van der Waals surface area contributed by atoms with Crippen LogP contribution in [0.25, 0.3) is 0 Å². The van der Waals surface area contributed by atoms with Crippen LogP contribution in [-0.4, -0.2) is 46.4 Å². The number of carbonyl (C=O) groups excluding carboxylic acids is 1. The Morgan fingerprint density at radius 3 is 2.38 bits per heavy atom. The molecule has 1 saturated heterocycles. The first-order valence-corrected chi connectivity index (χ1v) is 7.82. The molecule has 24 heavy (non-hydrogen) atoms. The fraction of sp³-hybridized carbons (Fsp3) is 0.562. The minimum Gasteiger partial charge on any atom is -0.392 e. The van der Waals surface area contributed by atoms with Crippen molar-refractivity contribution in [3.63, 3.8) is 0 Å². The van der Waals surface area contributed by atoms with Crippen LogP contribution in [-0.2, 0) is 6.18 Å². The fourth-order valence-electron chi connectivity index (χ4n) is 3.51. The third-order valence-electron chi connectivity index (χ3n) is 5.20. The van der Waals surface area contributed by atoms with Crippen molar-refractivity contribution in [2.24, 2.45) is 5.41 Å². The highest BCUT2D eigenvalue weighted by Crippen LogP contribution is 2.49. The first-order chi connectivity index (χ1) is 11.2. The summed E-state index contributed by atoms with van der Waals surface area (Å²) in [4.78, 5) is 13.7. The normalized spacial score (nSPS) is 26.1. The maximum absolute atomic E-state index is 12.7. The van der Waals surface area contributed by atoms with Crippen molar-refractivity contribution in [2.75, 3.05) is 18.4 Å². The van der Waals surface area contributed by atoms with Gasteiger partial charge in [-0.2, -0.15) is 13.2 Å². The molecule has 0 unspecified atom stereocenters. The number of hydrogen-bond donors (Lipinski definition) is 3.